The van der Waals surface area contributed by atoms with Crippen molar-refractivity contribution >= 4 is 5.97 Å². The predicted molar refractivity (Wildman–Crippen MR) is 87.6 cm³/mol. The summed E-state index contributed by atoms with van der Waals surface area (Å²) in [5.74, 6) is 0.713. The number of likely N-dealkylation sites (tertiary alicyclic amines) is 1. The van der Waals surface area contributed by atoms with Crippen LogP contribution in [0.15, 0.2) is 18.2 Å². The van der Waals surface area contributed by atoms with Crippen LogP contribution in [-0.2, 0) is 4.79 Å². The number of hydrogen-bond donors (Lipinski definition) is 1. The minimum atomic E-state index is -0.698. The average Bonchev–Trinajstić information content (AvgIpc) is 2.82. The summed E-state index contributed by atoms with van der Waals surface area (Å²) in [7, 11) is 0. The Labute approximate surface area is 133 Å². The molecule has 0 aromatic heterocycles. The number of nitrogens with zero attached hydrogens (tertiary/aromatic N) is 1. The maximum absolute atomic E-state index is 11.2. The van der Waals surface area contributed by atoms with Crippen molar-refractivity contribution in [3.63, 3.8) is 0 Å². The summed E-state index contributed by atoms with van der Waals surface area (Å²) >= 11 is 0. The van der Waals surface area contributed by atoms with Gasteiger partial charge in [-0.25, -0.2) is 0 Å². The van der Waals surface area contributed by atoms with Crippen molar-refractivity contribution in [2.45, 2.75) is 40.0 Å². The second-order valence-corrected chi connectivity index (χ2v) is 6.91. The third-order valence-corrected chi connectivity index (χ3v) is 4.61. The molecule has 1 saturated heterocycles. The predicted octanol–water partition coefficient (Wildman–Crippen LogP) is 3.29. The van der Waals surface area contributed by atoms with E-state index < -0.39 is 11.4 Å². The Morgan fingerprint density at radius 1 is 1.45 bits per heavy atom. The van der Waals surface area contributed by atoms with Crippen LogP contribution in [0.1, 0.15) is 44.2 Å². The van der Waals surface area contributed by atoms with Gasteiger partial charge in [0.05, 0.1) is 5.41 Å². The highest BCUT2D eigenvalue weighted by Gasteiger charge is 2.40. The van der Waals surface area contributed by atoms with Crippen molar-refractivity contribution in [2.75, 3.05) is 26.2 Å². The van der Waals surface area contributed by atoms with Gasteiger partial charge in [-0.05, 0) is 56.0 Å². The first-order valence-corrected chi connectivity index (χ1v) is 8.01. The van der Waals surface area contributed by atoms with Crippen molar-refractivity contribution in [3.05, 3.63) is 29.3 Å². The summed E-state index contributed by atoms with van der Waals surface area (Å²) in [5, 5.41) is 9.24. The molecule has 0 spiro atoms. The van der Waals surface area contributed by atoms with Gasteiger partial charge in [-0.15, -0.1) is 0 Å². The van der Waals surface area contributed by atoms with Gasteiger partial charge in [-0.3, -0.25) is 9.69 Å². The van der Waals surface area contributed by atoms with Crippen molar-refractivity contribution in [1.29, 1.82) is 0 Å². The summed E-state index contributed by atoms with van der Waals surface area (Å²) in [5.41, 5.74) is 2.01. The zero-order valence-electron chi connectivity index (χ0n) is 14.1. The number of aryl methyl sites for hydroxylation is 1. The van der Waals surface area contributed by atoms with Gasteiger partial charge in [0, 0.05) is 13.1 Å². The Balaban J connectivity index is 1.83. The first-order valence-electron chi connectivity index (χ1n) is 8.01. The van der Waals surface area contributed by atoms with E-state index in [0.29, 0.717) is 25.5 Å². The minimum Gasteiger partial charge on any atom is -0.492 e. The molecule has 0 bridgehead atoms. The summed E-state index contributed by atoms with van der Waals surface area (Å²) < 4.78 is 5.82. The second kappa shape index (κ2) is 6.69. The molecule has 1 atom stereocenters. The first-order chi connectivity index (χ1) is 10.3. The molecule has 2 rings (SSSR count). The number of benzene rings is 1. The molecule has 0 saturated carbocycles. The molecule has 122 valence electrons. The lowest BCUT2D eigenvalue weighted by molar-refractivity contribution is -0.147. The van der Waals surface area contributed by atoms with Gasteiger partial charge < -0.3 is 9.84 Å². The van der Waals surface area contributed by atoms with Crippen molar-refractivity contribution < 1.29 is 14.6 Å². The molecule has 1 heterocycles. The van der Waals surface area contributed by atoms with Crippen LogP contribution < -0.4 is 4.74 Å². The van der Waals surface area contributed by atoms with E-state index in [0.717, 1.165) is 18.8 Å². The summed E-state index contributed by atoms with van der Waals surface area (Å²) in [4.78, 5) is 13.4. The van der Waals surface area contributed by atoms with E-state index >= 15 is 0 Å². The maximum Gasteiger partial charge on any atom is 0.310 e. The van der Waals surface area contributed by atoms with Gasteiger partial charge in [0.15, 0.2) is 0 Å². The normalized spacial score (nSPS) is 22.2. The summed E-state index contributed by atoms with van der Waals surface area (Å²) in [6.07, 6.45) is 0.713. The lowest BCUT2D eigenvalue weighted by Gasteiger charge is -2.20. The number of aliphatic carboxylic acids is 1. The van der Waals surface area contributed by atoms with E-state index in [1.807, 2.05) is 13.0 Å². The van der Waals surface area contributed by atoms with E-state index in [9.17, 15) is 9.90 Å². The number of carbonyl (C=O) groups is 1. The second-order valence-electron chi connectivity index (χ2n) is 6.91. The van der Waals surface area contributed by atoms with Crippen LogP contribution in [0.4, 0.5) is 0 Å². The van der Waals surface area contributed by atoms with Crippen molar-refractivity contribution in [1.82, 2.24) is 4.90 Å². The Morgan fingerprint density at radius 2 is 2.18 bits per heavy atom. The van der Waals surface area contributed by atoms with Crippen LogP contribution in [0.3, 0.4) is 0 Å². The number of rotatable bonds is 6. The molecule has 0 aliphatic carbocycles. The highest BCUT2D eigenvalue weighted by molar-refractivity contribution is 5.74. The molecule has 4 heteroatoms. The van der Waals surface area contributed by atoms with Gasteiger partial charge in [0.2, 0.25) is 0 Å². The molecule has 0 radical (unpaired) electrons. The van der Waals surface area contributed by atoms with E-state index in [-0.39, 0.29) is 0 Å². The zero-order chi connectivity index (χ0) is 16.3. The number of ether oxygens (including phenoxy) is 1. The third-order valence-electron chi connectivity index (χ3n) is 4.61. The van der Waals surface area contributed by atoms with E-state index in [2.05, 4.69) is 37.8 Å². The third kappa shape index (κ3) is 3.80. The maximum atomic E-state index is 11.2. The molecular weight excluding hydrogens is 278 g/mol. The molecule has 22 heavy (non-hydrogen) atoms. The molecular formula is C18H27NO3. The smallest absolute Gasteiger partial charge is 0.310 e. The van der Waals surface area contributed by atoms with Crippen molar-refractivity contribution in [2.24, 2.45) is 5.41 Å². The Bertz CT molecular complexity index is 541. The van der Waals surface area contributed by atoms with Crippen LogP contribution in [0.25, 0.3) is 0 Å². The van der Waals surface area contributed by atoms with E-state index in [4.69, 9.17) is 4.74 Å². The first kappa shape index (κ1) is 16.8. The molecule has 4 nitrogen and oxygen atoms in total. The molecule has 1 fully saturated rings. The highest BCUT2D eigenvalue weighted by Crippen LogP contribution is 2.30. The molecule has 1 N–H and O–H groups in total. The van der Waals surface area contributed by atoms with Crippen LogP contribution in [0, 0.1) is 12.3 Å². The van der Waals surface area contributed by atoms with Crippen LogP contribution in [0.5, 0.6) is 5.75 Å². The highest BCUT2D eigenvalue weighted by atomic mass is 16.5. The Morgan fingerprint density at radius 3 is 2.73 bits per heavy atom. The lowest BCUT2D eigenvalue weighted by atomic mass is 9.90. The van der Waals surface area contributed by atoms with Gasteiger partial charge in [0.25, 0.3) is 0 Å². The molecule has 1 aromatic carbocycles. The molecule has 1 aliphatic heterocycles. The lowest BCUT2D eigenvalue weighted by Crippen LogP contribution is -2.33. The van der Waals surface area contributed by atoms with Gasteiger partial charge in [-0.1, -0.05) is 19.9 Å². The molecule has 1 aromatic rings. The minimum absolute atomic E-state index is 0.521. The Kier molecular flexibility index (Phi) is 5.12. The van der Waals surface area contributed by atoms with Crippen LogP contribution >= 0.6 is 0 Å². The fourth-order valence-electron chi connectivity index (χ4n) is 3.10. The topological polar surface area (TPSA) is 49.8 Å². The Hall–Kier alpha value is -1.55. The number of hydrogen-bond acceptors (Lipinski definition) is 3. The molecule has 1 unspecified atom stereocenters. The standard InChI is InChI=1S/C18H27NO3/c1-13(2)16-6-5-15(11-14(16)3)22-10-9-19-8-7-18(4,12-19)17(20)21/h5-6,11,13H,7-10,12H2,1-4H3,(H,20,21). The van der Waals surface area contributed by atoms with E-state index in [1.54, 1.807) is 0 Å². The number of carboxylic acids is 1. The number of carboxylic acid groups (broad SMARTS) is 1. The summed E-state index contributed by atoms with van der Waals surface area (Å²) in [6, 6.07) is 6.24. The van der Waals surface area contributed by atoms with Crippen molar-refractivity contribution in [3.8, 4) is 5.75 Å². The van der Waals surface area contributed by atoms with Crippen LogP contribution in [0.2, 0.25) is 0 Å². The fraction of sp³-hybridized carbons (Fsp3) is 0.611. The molecule has 1 aliphatic rings. The zero-order valence-corrected chi connectivity index (χ0v) is 14.1. The molecule has 0 amide bonds. The quantitative estimate of drug-likeness (QED) is 0.876. The monoisotopic (exact) mass is 305 g/mol. The van der Waals surface area contributed by atoms with E-state index in [1.165, 1.54) is 11.1 Å². The SMILES string of the molecule is Cc1cc(OCCN2CCC(C)(C(=O)O)C2)ccc1C(C)C. The van der Waals surface area contributed by atoms with Gasteiger partial charge in [-0.2, -0.15) is 0 Å². The largest absolute Gasteiger partial charge is 0.492 e. The van der Waals surface area contributed by atoms with Gasteiger partial charge in [0.1, 0.15) is 12.4 Å². The van der Waals surface area contributed by atoms with Gasteiger partial charge >= 0.3 is 5.97 Å². The summed E-state index contributed by atoms with van der Waals surface area (Å²) in [6.45, 7) is 11.1. The fourth-order valence-corrected chi connectivity index (χ4v) is 3.10. The van der Waals surface area contributed by atoms with Crippen LogP contribution in [-0.4, -0.2) is 42.2 Å². The average molecular weight is 305 g/mol.